The van der Waals surface area contributed by atoms with Crippen LogP contribution in [0.15, 0.2) is 47.0 Å². The van der Waals surface area contributed by atoms with Crippen molar-refractivity contribution in [2.24, 2.45) is 5.92 Å². The van der Waals surface area contributed by atoms with Gasteiger partial charge in [0.1, 0.15) is 5.76 Å². The molecule has 21 heavy (non-hydrogen) atoms. The largest absolute Gasteiger partial charge is 0.496 e. The summed E-state index contributed by atoms with van der Waals surface area (Å²) in [5.74, 6) is 1.09. The lowest BCUT2D eigenvalue weighted by Crippen LogP contribution is -2.24. The van der Waals surface area contributed by atoms with Crippen molar-refractivity contribution in [2.75, 3.05) is 7.11 Å². The van der Waals surface area contributed by atoms with Gasteiger partial charge in [-0.15, -0.1) is 0 Å². The van der Waals surface area contributed by atoms with Crippen LogP contribution in [0.25, 0.3) is 5.57 Å². The molecule has 0 radical (unpaired) electrons. The highest BCUT2D eigenvalue weighted by Gasteiger charge is 2.24. The van der Waals surface area contributed by atoms with Gasteiger partial charge in [-0.25, -0.2) is 0 Å². The lowest BCUT2D eigenvalue weighted by molar-refractivity contribution is 0.304. The molecule has 1 aromatic rings. The fourth-order valence-corrected chi connectivity index (χ4v) is 2.81. The molecule has 0 saturated heterocycles. The van der Waals surface area contributed by atoms with Crippen LogP contribution in [0.2, 0.25) is 0 Å². The minimum atomic E-state index is -0.174. The molecule has 1 aromatic carbocycles. The van der Waals surface area contributed by atoms with E-state index in [-0.39, 0.29) is 16.8 Å². The summed E-state index contributed by atoms with van der Waals surface area (Å²) in [5, 5.41) is 0. The van der Waals surface area contributed by atoms with E-state index in [0.717, 1.165) is 28.9 Å². The average molecular weight is 284 g/mol. The number of hydrogen-bond donors (Lipinski definition) is 0. The molecule has 0 fully saturated rings. The molecule has 0 heterocycles. The topological polar surface area (TPSA) is 26.3 Å². The Kier molecular flexibility index (Phi) is 4.36. The van der Waals surface area contributed by atoms with Crippen molar-refractivity contribution in [1.29, 1.82) is 0 Å². The number of rotatable bonds is 2. The molecule has 0 bridgehead atoms. The molecule has 0 spiro atoms. The Morgan fingerprint density at radius 2 is 1.86 bits per heavy atom. The van der Waals surface area contributed by atoms with Crippen molar-refractivity contribution in [3.05, 3.63) is 63.5 Å². The first-order valence-electron chi connectivity index (χ1n) is 7.45. The zero-order chi connectivity index (χ0) is 15.6. The molecule has 1 aliphatic carbocycles. The van der Waals surface area contributed by atoms with E-state index < -0.39 is 0 Å². The normalized spacial score (nSPS) is 18.8. The van der Waals surface area contributed by atoms with Crippen LogP contribution in [0.3, 0.4) is 0 Å². The Morgan fingerprint density at radius 3 is 2.48 bits per heavy atom. The molecule has 0 N–H and O–H groups in total. The second-order valence-corrected chi connectivity index (χ2v) is 6.65. The Morgan fingerprint density at radius 1 is 1.19 bits per heavy atom. The minimum absolute atomic E-state index is 0.110. The van der Waals surface area contributed by atoms with E-state index in [2.05, 4.69) is 33.8 Å². The van der Waals surface area contributed by atoms with Crippen molar-refractivity contribution < 1.29 is 4.74 Å². The molecule has 112 valence electrons. The molecule has 1 atom stereocenters. The molecule has 0 amide bonds. The lowest BCUT2D eigenvalue weighted by Gasteiger charge is -2.22. The zero-order valence-electron chi connectivity index (χ0n) is 13.6. The summed E-state index contributed by atoms with van der Waals surface area (Å²) in [4.78, 5) is 13.0. The van der Waals surface area contributed by atoms with Gasteiger partial charge in [-0.3, -0.25) is 4.79 Å². The van der Waals surface area contributed by atoms with Crippen LogP contribution in [0.1, 0.15) is 45.2 Å². The molecule has 2 heteroatoms. The smallest absolute Gasteiger partial charge is 0.189 e. The van der Waals surface area contributed by atoms with Gasteiger partial charge in [-0.05, 0) is 23.8 Å². The number of methoxy groups -OCH3 is 1. The van der Waals surface area contributed by atoms with Gasteiger partial charge in [-0.1, -0.05) is 58.0 Å². The van der Waals surface area contributed by atoms with Crippen LogP contribution >= 0.6 is 0 Å². The van der Waals surface area contributed by atoms with Gasteiger partial charge in [0.15, 0.2) is 5.43 Å². The first-order chi connectivity index (χ1) is 9.86. The van der Waals surface area contributed by atoms with E-state index in [9.17, 15) is 4.79 Å². The van der Waals surface area contributed by atoms with Gasteiger partial charge < -0.3 is 4.74 Å². The van der Waals surface area contributed by atoms with E-state index in [4.69, 9.17) is 4.74 Å². The van der Waals surface area contributed by atoms with Crippen molar-refractivity contribution >= 4 is 5.57 Å². The van der Waals surface area contributed by atoms with Gasteiger partial charge in [0, 0.05) is 16.7 Å². The highest BCUT2D eigenvalue weighted by molar-refractivity contribution is 5.72. The Hall–Kier alpha value is -1.83. The Labute approximate surface area is 127 Å². The van der Waals surface area contributed by atoms with Gasteiger partial charge in [-0.2, -0.15) is 0 Å². The predicted molar refractivity (Wildman–Crippen MR) is 88.3 cm³/mol. The van der Waals surface area contributed by atoms with Crippen molar-refractivity contribution in [3.8, 4) is 0 Å². The molecule has 0 aromatic heterocycles. The SMILES string of the molecule is COC1=C(c2ccccc(C(C)(C)C)c2=O)C(C)CC=C1. The third-order valence-electron chi connectivity index (χ3n) is 3.96. The third kappa shape index (κ3) is 3.10. The molecule has 1 unspecified atom stereocenters. The highest BCUT2D eigenvalue weighted by atomic mass is 16.5. The average Bonchev–Trinajstić information content (AvgIpc) is 2.60. The van der Waals surface area contributed by atoms with Gasteiger partial charge >= 0.3 is 0 Å². The second-order valence-electron chi connectivity index (χ2n) is 6.65. The van der Waals surface area contributed by atoms with E-state index >= 15 is 0 Å². The number of hydrogen-bond acceptors (Lipinski definition) is 2. The molecule has 2 rings (SSSR count). The van der Waals surface area contributed by atoms with E-state index in [0.29, 0.717) is 0 Å². The first-order valence-corrected chi connectivity index (χ1v) is 7.45. The summed E-state index contributed by atoms with van der Waals surface area (Å²) in [6.07, 6.45) is 5.01. The van der Waals surface area contributed by atoms with E-state index in [1.807, 2.05) is 30.3 Å². The maximum atomic E-state index is 13.0. The summed E-state index contributed by atoms with van der Waals surface area (Å²) >= 11 is 0. The number of ether oxygens (including phenoxy) is 1. The molecule has 0 aliphatic heterocycles. The minimum Gasteiger partial charge on any atom is -0.496 e. The van der Waals surface area contributed by atoms with Gasteiger partial charge in [0.2, 0.25) is 0 Å². The van der Waals surface area contributed by atoms with Crippen LogP contribution in [0.5, 0.6) is 0 Å². The van der Waals surface area contributed by atoms with Gasteiger partial charge in [0.25, 0.3) is 0 Å². The first kappa shape index (κ1) is 15.6. The summed E-state index contributed by atoms with van der Waals surface area (Å²) in [5.41, 5.74) is 2.56. The quantitative estimate of drug-likeness (QED) is 0.809. The summed E-state index contributed by atoms with van der Waals surface area (Å²) in [6, 6.07) is 7.74. The van der Waals surface area contributed by atoms with E-state index in [1.165, 1.54) is 0 Å². The summed E-state index contributed by atoms with van der Waals surface area (Å²) < 4.78 is 5.49. The highest BCUT2D eigenvalue weighted by Crippen LogP contribution is 2.32. The lowest BCUT2D eigenvalue weighted by atomic mass is 9.83. The molecule has 2 nitrogen and oxygen atoms in total. The van der Waals surface area contributed by atoms with Crippen molar-refractivity contribution in [2.45, 2.75) is 39.5 Å². The van der Waals surface area contributed by atoms with Crippen molar-refractivity contribution in [1.82, 2.24) is 0 Å². The predicted octanol–water partition coefficient (Wildman–Crippen LogP) is 4.30. The van der Waals surface area contributed by atoms with Crippen LogP contribution in [0.4, 0.5) is 0 Å². The maximum absolute atomic E-state index is 13.0. The molecule has 0 saturated carbocycles. The summed E-state index contributed by atoms with van der Waals surface area (Å²) in [7, 11) is 1.66. The zero-order valence-corrected chi connectivity index (χ0v) is 13.6. The maximum Gasteiger partial charge on any atom is 0.189 e. The Balaban J connectivity index is 2.76. The number of allylic oxidation sites excluding steroid dienone is 3. The van der Waals surface area contributed by atoms with Crippen LogP contribution in [-0.4, -0.2) is 7.11 Å². The molecular formula is C19H24O2. The van der Waals surface area contributed by atoms with Crippen LogP contribution in [-0.2, 0) is 10.2 Å². The fraction of sp³-hybridized carbons (Fsp3) is 0.421. The van der Waals surface area contributed by atoms with Crippen molar-refractivity contribution in [3.63, 3.8) is 0 Å². The van der Waals surface area contributed by atoms with Gasteiger partial charge in [0.05, 0.1) is 7.11 Å². The Bertz CT molecular complexity index is 645. The van der Waals surface area contributed by atoms with E-state index in [1.54, 1.807) is 7.11 Å². The third-order valence-corrected chi connectivity index (χ3v) is 3.96. The second kappa shape index (κ2) is 5.88. The standard InChI is InChI=1S/C19H24O2/c1-13-9-8-12-16(21-5)17(13)14-10-6-7-11-15(18(14)20)19(2,3)4/h6-8,10-13H,9H2,1-5H3. The molecular weight excluding hydrogens is 260 g/mol. The fourth-order valence-electron chi connectivity index (χ4n) is 2.81. The van der Waals surface area contributed by atoms with Crippen LogP contribution in [0, 0.1) is 5.92 Å². The van der Waals surface area contributed by atoms with Crippen LogP contribution < -0.4 is 5.43 Å². The monoisotopic (exact) mass is 284 g/mol. The summed E-state index contributed by atoms with van der Waals surface area (Å²) in [6.45, 7) is 8.36. The molecule has 1 aliphatic rings.